The maximum absolute atomic E-state index is 10.8. The zero-order chi connectivity index (χ0) is 19.7. The van der Waals surface area contributed by atoms with E-state index in [2.05, 4.69) is 4.74 Å². The van der Waals surface area contributed by atoms with Gasteiger partial charge in [-0.3, -0.25) is 9.59 Å². The van der Waals surface area contributed by atoms with Gasteiger partial charge >= 0.3 is 11.9 Å². The lowest BCUT2D eigenvalue weighted by Gasteiger charge is -2.02. The van der Waals surface area contributed by atoms with Crippen molar-refractivity contribution < 1.29 is 39.2 Å². The molecule has 3 N–H and O–H groups in total. The summed E-state index contributed by atoms with van der Waals surface area (Å²) in [5.41, 5.74) is 0.727. The number of esters is 1. The van der Waals surface area contributed by atoms with Gasteiger partial charge in [0.25, 0.3) is 0 Å². The first-order chi connectivity index (χ1) is 12.2. The van der Waals surface area contributed by atoms with Crippen LogP contribution >= 0.6 is 0 Å². The van der Waals surface area contributed by atoms with Crippen molar-refractivity contribution in [1.29, 1.82) is 0 Å². The van der Waals surface area contributed by atoms with Gasteiger partial charge in [-0.1, -0.05) is 30.3 Å². The lowest BCUT2D eigenvalue weighted by Crippen LogP contribution is -2.16. The van der Waals surface area contributed by atoms with Crippen LogP contribution in [0.1, 0.15) is 12.5 Å². The first kappa shape index (κ1) is 20.4. The molecule has 0 aromatic heterocycles. The molecule has 0 bridgehead atoms. The van der Waals surface area contributed by atoms with Gasteiger partial charge in [-0.05, 0) is 17.7 Å². The molecular formula is C18H16O8. The van der Waals surface area contributed by atoms with Crippen LogP contribution in [0.3, 0.4) is 0 Å². The highest BCUT2D eigenvalue weighted by Gasteiger charge is 2.12. The first-order valence-electron chi connectivity index (χ1n) is 7.25. The van der Waals surface area contributed by atoms with Crippen molar-refractivity contribution >= 4 is 23.5 Å². The number of Topliss-reactive ketones (excluding diaryl/α,β-unsaturated/α-hetero) is 2. The Morgan fingerprint density at radius 2 is 1.54 bits per heavy atom. The van der Waals surface area contributed by atoms with Crippen LogP contribution in [0.4, 0.5) is 0 Å². The standard InChI is InChI=1S/C9H8O5.C9H8O3/c1-5(10)9(13)14-6-2-3-7(11)8(12)4-6;10-8(9(11)12)6-7-4-2-1-3-5-7/h2-4,11-12H,1H3;1-5H,6H2,(H,11,12). The topological polar surface area (TPSA) is 138 Å². The lowest BCUT2D eigenvalue weighted by molar-refractivity contribution is -0.148. The average Bonchev–Trinajstić information content (AvgIpc) is 2.59. The average molecular weight is 360 g/mol. The fraction of sp³-hybridized carbons (Fsp3) is 0.111. The molecule has 2 aromatic rings. The molecule has 0 saturated carbocycles. The van der Waals surface area contributed by atoms with Crippen molar-refractivity contribution in [3.8, 4) is 17.2 Å². The number of ether oxygens (including phenoxy) is 1. The van der Waals surface area contributed by atoms with Gasteiger partial charge in [0.2, 0.25) is 11.6 Å². The molecule has 0 fully saturated rings. The van der Waals surface area contributed by atoms with E-state index in [4.69, 9.17) is 15.3 Å². The van der Waals surface area contributed by atoms with Crippen molar-refractivity contribution in [2.24, 2.45) is 0 Å². The molecule has 0 aliphatic rings. The normalized spacial score (nSPS) is 9.42. The highest BCUT2D eigenvalue weighted by Crippen LogP contribution is 2.28. The van der Waals surface area contributed by atoms with Crippen LogP contribution in [0.25, 0.3) is 0 Å². The second kappa shape index (κ2) is 9.58. The Balaban J connectivity index is 0.000000263. The molecule has 2 aromatic carbocycles. The van der Waals surface area contributed by atoms with Gasteiger partial charge in [-0.25, -0.2) is 9.59 Å². The summed E-state index contributed by atoms with van der Waals surface area (Å²) in [6, 6.07) is 12.2. The number of phenols is 2. The number of carboxylic acid groups (broad SMARTS) is 1. The first-order valence-corrected chi connectivity index (χ1v) is 7.25. The fourth-order valence-corrected chi connectivity index (χ4v) is 1.60. The van der Waals surface area contributed by atoms with Crippen LogP contribution in [0.5, 0.6) is 17.2 Å². The van der Waals surface area contributed by atoms with Crippen LogP contribution in [-0.2, 0) is 25.6 Å². The van der Waals surface area contributed by atoms with E-state index >= 15 is 0 Å². The number of carboxylic acids is 1. The van der Waals surface area contributed by atoms with E-state index in [-0.39, 0.29) is 17.9 Å². The predicted molar refractivity (Wildman–Crippen MR) is 88.9 cm³/mol. The molecule has 0 atom stereocenters. The summed E-state index contributed by atoms with van der Waals surface area (Å²) < 4.78 is 4.55. The largest absolute Gasteiger partial charge is 0.504 e. The maximum Gasteiger partial charge on any atom is 0.379 e. The Morgan fingerprint density at radius 3 is 2.04 bits per heavy atom. The monoisotopic (exact) mass is 360 g/mol. The molecule has 2 rings (SSSR count). The number of rotatable bonds is 5. The fourth-order valence-electron chi connectivity index (χ4n) is 1.60. The molecule has 0 spiro atoms. The Kier molecular flexibility index (Phi) is 7.50. The quantitative estimate of drug-likeness (QED) is 0.315. The molecule has 0 saturated heterocycles. The van der Waals surface area contributed by atoms with E-state index in [1.54, 1.807) is 24.3 Å². The third-order valence-corrected chi connectivity index (χ3v) is 2.89. The van der Waals surface area contributed by atoms with Crippen LogP contribution in [0.15, 0.2) is 48.5 Å². The number of carbonyl (C=O) groups excluding carboxylic acids is 3. The van der Waals surface area contributed by atoms with E-state index in [0.717, 1.165) is 24.6 Å². The van der Waals surface area contributed by atoms with Crippen molar-refractivity contribution in [3.63, 3.8) is 0 Å². The number of aliphatic carboxylic acids is 1. The molecule has 8 nitrogen and oxygen atoms in total. The summed E-state index contributed by atoms with van der Waals surface area (Å²) >= 11 is 0. The SMILES string of the molecule is CC(=O)C(=O)Oc1ccc(O)c(O)c1.O=C(O)C(=O)Cc1ccccc1. The van der Waals surface area contributed by atoms with Gasteiger partial charge in [0.1, 0.15) is 5.75 Å². The Morgan fingerprint density at radius 1 is 0.923 bits per heavy atom. The minimum atomic E-state index is -1.38. The molecular weight excluding hydrogens is 344 g/mol. The second-order valence-electron chi connectivity index (χ2n) is 4.99. The van der Waals surface area contributed by atoms with Crippen LogP contribution in [0.2, 0.25) is 0 Å². The van der Waals surface area contributed by atoms with Crippen molar-refractivity contribution in [2.75, 3.05) is 0 Å². The number of phenolic OH excluding ortho intramolecular Hbond substituents is 2. The molecule has 0 unspecified atom stereocenters. The smallest absolute Gasteiger partial charge is 0.379 e. The summed E-state index contributed by atoms with van der Waals surface area (Å²) in [4.78, 5) is 42.2. The second-order valence-corrected chi connectivity index (χ2v) is 4.99. The molecule has 0 aliphatic heterocycles. The van der Waals surface area contributed by atoms with Crippen molar-refractivity contribution in [3.05, 3.63) is 54.1 Å². The van der Waals surface area contributed by atoms with Crippen LogP contribution < -0.4 is 4.74 Å². The molecule has 0 radical (unpaired) electrons. The summed E-state index contributed by atoms with van der Waals surface area (Å²) in [5, 5.41) is 26.2. The number of hydrogen-bond donors (Lipinski definition) is 3. The Bertz CT molecular complexity index is 811. The van der Waals surface area contributed by atoms with Crippen molar-refractivity contribution in [2.45, 2.75) is 13.3 Å². The number of ketones is 2. The zero-order valence-electron chi connectivity index (χ0n) is 13.7. The van der Waals surface area contributed by atoms with E-state index < -0.39 is 29.3 Å². The summed E-state index contributed by atoms with van der Waals surface area (Å²) in [5.74, 6) is -4.65. The molecule has 8 heteroatoms. The molecule has 0 heterocycles. The van der Waals surface area contributed by atoms with E-state index in [1.807, 2.05) is 6.07 Å². The van der Waals surface area contributed by atoms with Crippen LogP contribution in [-0.4, -0.2) is 38.8 Å². The summed E-state index contributed by atoms with van der Waals surface area (Å²) in [7, 11) is 0. The summed E-state index contributed by atoms with van der Waals surface area (Å²) in [6.45, 7) is 1.07. The number of carbonyl (C=O) groups is 4. The minimum absolute atomic E-state index is 0.000463. The van der Waals surface area contributed by atoms with Crippen LogP contribution in [0, 0.1) is 0 Å². The van der Waals surface area contributed by atoms with Gasteiger partial charge < -0.3 is 20.1 Å². The van der Waals surface area contributed by atoms with Gasteiger partial charge in [-0.15, -0.1) is 0 Å². The van der Waals surface area contributed by atoms with Gasteiger partial charge in [-0.2, -0.15) is 0 Å². The Hall–Kier alpha value is -3.68. The zero-order valence-corrected chi connectivity index (χ0v) is 13.7. The molecule has 26 heavy (non-hydrogen) atoms. The van der Waals surface area contributed by atoms with Gasteiger partial charge in [0, 0.05) is 19.4 Å². The highest BCUT2D eigenvalue weighted by atomic mass is 16.5. The van der Waals surface area contributed by atoms with E-state index in [9.17, 15) is 19.2 Å². The van der Waals surface area contributed by atoms with E-state index in [0.29, 0.717) is 0 Å². The highest BCUT2D eigenvalue weighted by molar-refractivity contribution is 6.33. The summed E-state index contributed by atoms with van der Waals surface area (Å²) in [6.07, 6.45) is -0.0316. The molecule has 0 amide bonds. The number of aromatic hydroxyl groups is 2. The third kappa shape index (κ3) is 6.83. The number of hydrogen-bond acceptors (Lipinski definition) is 7. The Labute approximate surface area is 148 Å². The number of benzene rings is 2. The van der Waals surface area contributed by atoms with E-state index in [1.165, 1.54) is 6.07 Å². The molecule has 0 aliphatic carbocycles. The minimum Gasteiger partial charge on any atom is -0.504 e. The maximum atomic E-state index is 10.8. The van der Waals surface area contributed by atoms with Gasteiger partial charge in [0.05, 0.1) is 0 Å². The molecule has 136 valence electrons. The van der Waals surface area contributed by atoms with Crippen molar-refractivity contribution in [1.82, 2.24) is 0 Å². The third-order valence-electron chi connectivity index (χ3n) is 2.89. The van der Waals surface area contributed by atoms with Gasteiger partial charge in [0.15, 0.2) is 11.5 Å². The lowest BCUT2D eigenvalue weighted by atomic mass is 10.1. The predicted octanol–water partition coefficient (Wildman–Crippen LogP) is 1.47.